The molecule has 0 spiro atoms. The molecule has 3 fully saturated rings. The van der Waals surface area contributed by atoms with Crippen LogP contribution in [0.5, 0.6) is 0 Å². The summed E-state index contributed by atoms with van der Waals surface area (Å²) in [6.45, 7) is 0. The van der Waals surface area contributed by atoms with Crippen molar-refractivity contribution in [1.82, 2.24) is 5.32 Å². The topological polar surface area (TPSA) is 29.1 Å². The molecule has 2 heteroatoms. The van der Waals surface area contributed by atoms with Gasteiger partial charge in [0.15, 0.2) is 0 Å². The van der Waals surface area contributed by atoms with Gasteiger partial charge in [-0.05, 0) is 32.1 Å². The number of rotatable bonds is 2. The van der Waals surface area contributed by atoms with Crippen LogP contribution in [0.1, 0.15) is 32.1 Å². The zero-order chi connectivity index (χ0) is 8.13. The Morgan fingerprint density at radius 3 is 2.50 bits per heavy atom. The van der Waals surface area contributed by atoms with Crippen LogP contribution >= 0.6 is 0 Å². The average Bonchev–Trinajstić information content (AvgIpc) is 2.73. The monoisotopic (exact) mass is 165 g/mol. The molecule has 0 radical (unpaired) electrons. The van der Waals surface area contributed by atoms with E-state index in [0.717, 1.165) is 6.42 Å². The van der Waals surface area contributed by atoms with Crippen molar-refractivity contribution in [2.75, 3.05) is 0 Å². The predicted molar refractivity (Wildman–Crippen MR) is 45.8 cm³/mol. The molecule has 0 aromatic rings. The Kier molecular flexibility index (Phi) is 1.37. The molecular weight excluding hydrogens is 150 g/mol. The summed E-state index contributed by atoms with van der Waals surface area (Å²) >= 11 is 0. The van der Waals surface area contributed by atoms with Crippen molar-refractivity contribution in [3.05, 3.63) is 0 Å². The Balaban J connectivity index is 1.73. The van der Waals surface area contributed by atoms with Crippen LogP contribution in [0.4, 0.5) is 0 Å². The Bertz CT molecular complexity index is 222. The minimum Gasteiger partial charge on any atom is -0.310 e. The van der Waals surface area contributed by atoms with Gasteiger partial charge in [-0.3, -0.25) is 4.79 Å². The molecule has 2 heterocycles. The van der Waals surface area contributed by atoms with E-state index in [-0.39, 0.29) is 0 Å². The van der Waals surface area contributed by atoms with E-state index in [1.54, 1.807) is 0 Å². The maximum atomic E-state index is 11.8. The highest BCUT2D eigenvalue weighted by molar-refractivity contribution is 5.86. The molecule has 1 aliphatic carbocycles. The summed E-state index contributed by atoms with van der Waals surface area (Å²) < 4.78 is 0. The number of hydrogen-bond donors (Lipinski definition) is 1. The zero-order valence-electron chi connectivity index (χ0n) is 7.25. The number of Topliss-reactive ketones (excluding diaryl/α,β-unsaturated/α-hetero) is 1. The second-order valence-electron chi connectivity index (χ2n) is 4.57. The quantitative estimate of drug-likeness (QED) is 0.664. The number of fused-ring (bicyclic) bond motifs is 2. The molecule has 1 N–H and O–H groups in total. The van der Waals surface area contributed by atoms with Gasteiger partial charge in [-0.1, -0.05) is 0 Å². The van der Waals surface area contributed by atoms with E-state index >= 15 is 0 Å². The second-order valence-corrected chi connectivity index (χ2v) is 4.57. The molecular formula is C10H15NO. The Hall–Kier alpha value is -0.370. The highest BCUT2D eigenvalue weighted by Gasteiger charge is 2.46. The van der Waals surface area contributed by atoms with Crippen LogP contribution in [0.25, 0.3) is 0 Å². The summed E-state index contributed by atoms with van der Waals surface area (Å²) in [7, 11) is 0. The number of carbonyl (C=O) groups excluding carboxylic acids is 1. The fourth-order valence-electron chi connectivity index (χ4n) is 2.81. The molecule has 3 atom stereocenters. The minimum atomic E-state index is 0.399. The van der Waals surface area contributed by atoms with E-state index < -0.39 is 0 Å². The van der Waals surface area contributed by atoms with Crippen molar-refractivity contribution in [3.63, 3.8) is 0 Å². The standard InChI is InChI=1S/C10H15NO/c12-10(6-1-2-6)8-5-7-3-4-9(8)11-7/h6-9,11H,1-5H2. The lowest BCUT2D eigenvalue weighted by atomic mass is 9.84. The van der Waals surface area contributed by atoms with Gasteiger partial charge in [0.05, 0.1) is 0 Å². The Labute approximate surface area is 72.7 Å². The van der Waals surface area contributed by atoms with Gasteiger partial charge >= 0.3 is 0 Å². The van der Waals surface area contributed by atoms with E-state index in [1.807, 2.05) is 0 Å². The lowest BCUT2D eigenvalue weighted by molar-refractivity contribution is -0.124. The first-order valence-electron chi connectivity index (χ1n) is 5.14. The Morgan fingerprint density at radius 2 is 2.00 bits per heavy atom. The van der Waals surface area contributed by atoms with E-state index in [1.165, 1.54) is 25.7 Å². The van der Waals surface area contributed by atoms with Crippen molar-refractivity contribution in [2.45, 2.75) is 44.2 Å². The maximum absolute atomic E-state index is 11.8. The van der Waals surface area contributed by atoms with Gasteiger partial charge in [0.25, 0.3) is 0 Å². The Morgan fingerprint density at radius 1 is 1.17 bits per heavy atom. The molecule has 2 saturated heterocycles. The molecule has 3 rings (SSSR count). The normalized spacial score (nSPS) is 45.2. The summed E-state index contributed by atoms with van der Waals surface area (Å²) in [6, 6.07) is 1.24. The maximum Gasteiger partial charge on any atom is 0.140 e. The van der Waals surface area contributed by atoms with Gasteiger partial charge in [0.1, 0.15) is 5.78 Å². The predicted octanol–water partition coefficient (Wildman–Crippen LogP) is 1.11. The summed E-state index contributed by atoms with van der Waals surface area (Å²) in [6.07, 6.45) is 6.03. The van der Waals surface area contributed by atoms with Gasteiger partial charge < -0.3 is 5.32 Å². The van der Waals surface area contributed by atoms with Crippen molar-refractivity contribution < 1.29 is 4.79 Å². The third kappa shape index (κ3) is 0.939. The SMILES string of the molecule is O=C(C1CC1)C1CC2CCC1N2. The van der Waals surface area contributed by atoms with E-state index in [4.69, 9.17) is 0 Å². The van der Waals surface area contributed by atoms with Crippen LogP contribution in [0.2, 0.25) is 0 Å². The van der Waals surface area contributed by atoms with Crippen LogP contribution in [-0.4, -0.2) is 17.9 Å². The molecule has 2 bridgehead atoms. The lowest BCUT2D eigenvalue weighted by Crippen LogP contribution is -2.29. The van der Waals surface area contributed by atoms with E-state index in [0.29, 0.717) is 29.7 Å². The molecule has 2 aliphatic heterocycles. The molecule has 3 unspecified atom stereocenters. The molecule has 12 heavy (non-hydrogen) atoms. The first-order valence-corrected chi connectivity index (χ1v) is 5.14. The highest BCUT2D eigenvalue weighted by atomic mass is 16.1. The first-order chi connectivity index (χ1) is 5.84. The van der Waals surface area contributed by atoms with Gasteiger partial charge in [-0.15, -0.1) is 0 Å². The summed E-state index contributed by atoms with van der Waals surface area (Å²) in [5.74, 6) is 1.45. The molecule has 0 aromatic heterocycles. The molecule has 0 amide bonds. The number of ketones is 1. The molecule has 2 nitrogen and oxygen atoms in total. The van der Waals surface area contributed by atoms with Gasteiger partial charge in [-0.2, -0.15) is 0 Å². The fourth-order valence-corrected chi connectivity index (χ4v) is 2.81. The first kappa shape index (κ1) is 7.07. The van der Waals surface area contributed by atoms with Crippen LogP contribution in [0.3, 0.4) is 0 Å². The van der Waals surface area contributed by atoms with E-state index in [9.17, 15) is 4.79 Å². The average molecular weight is 165 g/mol. The zero-order valence-corrected chi connectivity index (χ0v) is 7.25. The minimum absolute atomic E-state index is 0.399. The van der Waals surface area contributed by atoms with E-state index in [2.05, 4.69) is 5.32 Å². The van der Waals surface area contributed by atoms with Gasteiger partial charge in [0.2, 0.25) is 0 Å². The second kappa shape index (κ2) is 2.32. The highest BCUT2D eigenvalue weighted by Crippen LogP contribution is 2.40. The van der Waals surface area contributed by atoms with Crippen LogP contribution in [0, 0.1) is 11.8 Å². The molecule has 3 aliphatic rings. The van der Waals surface area contributed by atoms with Crippen molar-refractivity contribution in [3.8, 4) is 0 Å². The third-order valence-electron chi connectivity index (χ3n) is 3.65. The van der Waals surface area contributed by atoms with Gasteiger partial charge in [-0.25, -0.2) is 0 Å². The number of carbonyl (C=O) groups is 1. The fraction of sp³-hybridized carbons (Fsp3) is 0.900. The lowest BCUT2D eigenvalue weighted by Gasteiger charge is -2.18. The van der Waals surface area contributed by atoms with Crippen LogP contribution < -0.4 is 5.32 Å². The summed E-state index contributed by atoms with van der Waals surface area (Å²) in [5.41, 5.74) is 0. The number of nitrogens with one attached hydrogen (secondary N) is 1. The van der Waals surface area contributed by atoms with Crippen molar-refractivity contribution in [1.29, 1.82) is 0 Å². The molecule has 1 saturated carbocycles. The van der Waals surface area contributed by atoms with Crippen LogP contribution in [0.15, 0.2) is 0 Å². The largest absolute Gasteiger partial charge is 0.310 e. The van der Waals surface area contributed by atoms with Crippen molar-refractivity contribution >= 4 is 5.78 Å². The van der Waals surface area contributed by atoms with Crippen molar-refractivity contribution in [2.24, 2.45) is 11.8 Å². The molecule has 0 aromatic carbocycles. The summed E-state index contributed by atoms with van der Waals surface area (Å²) in [4.78, 5) is 11.8. The number of hydrogen-bond acceptors (Lipinski definition) is 2. The molecule has 66 valence electrons. The van der Waals surface area contributed by atoms with Gasteiger partial charge in [0, 0.05) is 23.9 Å². The summed E-state index contributed by atoms with van der Waals surface area (Å²) in [5, 5.41) is 3.52. The smallest absolute Gasteiger partial charge is 0.140 e. The third-order valence-corrected chi connectivity index (χ3v) is 3.65. The van der Waals surface area contributed by atoms with Crippen LogP contribution in [-0.2, 0) is 4.79 Å².